The van der Waals surface area contributed by atoms with Gasteiger partial charge in [-0.3, -0.25) is 4.79 Å². The second kappa shape index (κ2) is 7.72. The number of rotatable bonds is 4. The first-order valence-corrected chi connectivity index (χ1v) is 8.59. The van der Waals surface area contributed by atoms with Crippen LogP contribution in [-0.2, 0) is 4.79 Å². The van der Waals surface area contributed by atoms with Gasteiger partial charge in [0.1, 0.15) is 23.5 Å². The lowest BCUT2D eigenvalue weighted by Crippen LogP contribution is -2.29. The van der Waals surface area contributed by atoms with Crippen LogP contribution in [0.2, 0.25) is 0 Å². The molecule has 1 aliphatic rings. The van der Waals surface area contributed by atoms with E-state index in [1.54, 1.807) is 0 Å². The van der Waals surface area contributed by atoms with Crippen LogP contribution in [0.5, 0.6) is 5.75 Å². The first kappa shape index (κ1) is 18.2. The summed E-state index contributed by atoms with van der Waals surface area (Å²) in [7, 11) is 0. The van der Waals surface area contributed by atoms with Crippen molar-refractivity contribution in [1.82, 2.24) is 0 Å². The topological polar surface area (TPSA) is 73.9 Å². The number of benzene rings is 2. The molecule has 0 saturated carbocycles. The van der Waals surface area contributed by atoms with E-state index in [0.29, 0.717) is 22.5 Å². The fraction of sp³-hybridized carbons (Fsp3) is 0.174. The molecule has 0 amide bonds. The number of hydrogen-bond acceptors (Lipinski definition) is 4. The molecule has 0 N–H and O–H groups in total. The number of nitriles is 2. The predicted molar refractivity (Wildman–Crippen MR) is 103 cm³/mol. The van der Waals surface area contributed by atoms with Crippen LogP contribution in [0, 0.1) is 28.6 Å². The summed E-state index contributed by atoms with van der Waals surface area (Å²) in [5.41, 5.74) is 2.69. The van der Waals surface area contributed by atoms with Crippen LogP contribution in [0.1, 0.15) is 24.0 Å². The maximum absolute atomic E-state index is 12.2. The summed E-state index contributed by atoms with van der Waals surface area (Å²) >= 11 is 0. The zero-order valence-electron chi connectivity index (χ0n) is 15.0. The fourth-order valence-corrected chi connectivity index (χ4v) is 3.56. The molecule has 1 aliphatic heterocycles. The largest absolute Gasteiger partial charge is 0.492 e. The number of ether oxygens (including phenoxy) is 1. The van der Waals surface area contributed by atoms with E-state index in [9.17, 15) is 15.3 Å². The molecule has 2 aromatic rings. The third kappa shape index (κ3) is 3.38. The van der Waals surface area contributed by atoms with E-state index >= 15 is 0 Å². The first-order valence-electron chi connectivity index (χ1n) is 8.59. The Morgan fingerprint density at radius 3 is 2.37 bits per heavy atom. The SMILES string of the molecule is C=C(C(C)=O)[C@H](c1ccccc1)[C@H]1COc2ccccc2C1=C(C#N)C#N. The Morgan fingerprint density at radius 2 is 1.74 bits per heavy atom. The van der Waals surface area contributed by atoms with Gasteiger partial charge < -0.3 is 4.74 Å². The molecular weight excluding hydrogens is 336 g/mol. The van der Waals surface area contributed by atoms with Crippen LogP contribution in [0.4, 0.5) is 0 Å². The normalized spacial score (nSPS) is 16.1. The fourth-order valence-electron chi connectivity index (χ4n) is 3.56. The van der Waals surface area contributed by atoms with Crippen LogP contribution < -0.4 is 4.74 Å². The minimum atomic E-state index is -0.385. The molecule has 27 heavy (non-hydrogen) atoms. The summed E-state index contributed by atoms with van der Waals surface area (Å²) in [5.74, 6) is -0.249. The predicted octanol–water partition coefficient (Wildman–Crippen LogP) is 4.42. The number of allylic oxidation sites excluding steroid dienone is 2. The molecule has 132 valence electrons. The molecule has 2 atom stereocenters. The van der Waals surface area contributed by atoms with Crippen LogP contribution >= 0.6 is 0 Å². The summed E-state index contributed by atoms with van der Waals surface area (Å²) in [5, 5.41) is 19.1. The minimum absolute atomic E-state index is 0.0352. The highest BCUT2D eigenvalue weighted by Gasteiger charge is 2.37. The van der Waals surface area contributed by atoms with E-state index in [-0.39, 0.29) is 29.8 Å². The standard InChI is InChI=1S/C23H18N2O2/c1-15(16(2)26)22(17-8-4-3-5-9-17)20-14-27-21-11-7-6-10-19(21)23(20)18(12-24)13-25/h3-11,20,22H,1,14H2,2H3/t20-,22-/m1/s1. The van der Waals surface area contributed by atoms with Crippen molar-refractivity contribution >= 4 is 11.4 Å². The van der Waals surface area contributed by atoms with Crippen molar-refractivity contribution in [3.05, 3.63) is 83.4 Å². The van der Waals surface area contributed by atoms with Crippen molar-refractivity contribution in [1.29, 1.82) is 10.5 Å². The van der Waals surface area contributed by atoms with Crippen molar-refractivity contribution in [2.75, 3.05) is 6.61 Å². The summed E-state index contributed by atoms with van der Waals surface area (Å²) in [4.78, 5) is 12.2. The zero-order valence-corrected chi connectivity index (χ0v) is 15.0. The molecule has 0 radical (unpaired) electrons. The van der Waals surface area contributed by atoms with Crippen LogP contribution in [0.15, 0.2) is 72.3 Å². The molecule has 2 aromatic carbocycles. The molecule has 0 bridgehead atoms. The second-order valence-corrected chi connectivity index (χ2v) is 6.40. The zero-order chi connectivity index (χ0) is 19.4. The Balaban J connectivity index is 2.24. The van der Waals surface area contributed by atoms with Crippen molar-refractivity contribution in [2.45, 2.75) is 12.8 Å². The van der Waals surface area contributed by atoms with E-state index in [2.05, 4.69) is 6.58 Å². The van der Waals surface area contributed by atoms with Crippen molar-refractivity contribution in [2.24, 2.45) is 5.92 Å². The van der Waals surface area contributed by atoms with E-state index in [4.69, 9.17) is 4.74 Å². The molecular formula is C23H18N2O2. The molecule has 0 spiro atoms. The molecule has 0 fully saturated rings. The van der Waals surface area contributed by atoms with E-state index in [1.165, 1.54) is 6.92 Å². The summed E-state index contributed by atoms with van der Waals surface area (Å²) in [6.07, 6.45) is 0. The summed E-state index contributed by atoms with van der Waals surface area (Å²) < 4.78 is 5.93. The van der Waals surface area contributed by atoms with Gasteiger partial charge in [0.2, 0.25) is 0 Å². The monoisotopic (exact) mass is 354 g/mol. The van der Waals surface area contributed by atoms with Gasteiger partial charge in [-0.25, -0.2) is 0 Å². The molecule has 0 aromatic heterocycles. The number of carbonyl (C=O) groups is 1. The van der Waals surface area contributed by atoms with Crippen molar-refractivity contribution in [3.8, 4) is 17.9 Å². The summed E-state index contributed by atoms with van der Waals surface area (Å²) in [6, 6.07) is 20.9. The molecule has 4 nitrogen and oxygen atoms in total. The second-order valence-electron chi connectivity index (χ2n) is 6.40. The molecule has 0 unspecified atom stereocenters. The van der Waals surface area contributed by atoms with E-state index in [1.807, 2.05) is 66.7 Å². The Hall–Kier alpha value is -3.63. The van der Waals surface area contributed by atoms with Gasteiger partial charge in [-0.15, -0.1) is 0 Å². The third-order valence-electron chi connectivity index (χ3n) is 4.85. The van der Waals surface area contributed by atoms with E-state index in [0.717, 1.165) is 5.56 Å². The first-order chi connectivity index (χ1) is 13.1. The molecule has 0 aliphatic carbocycles. The Labute approximate surface area is 158 Å². The number of para-hydroxylation sites is 1. The molecule has 0 saturated heterocycles. The van der Waals surface area contributed by atoms with Gasteiger partial charge >= 0.3 is 0 Å². The molecule has 1 heterocycles. The lowest BCUT2D eigenvalue weighted by molar-refractivity contribution is -0.113. The van der Waals surface area contributed by atoms with Gasteiger partial charge in [0, 0.05) is 17.4 Å². The average Bonchev–Trinajstić information content (AvgIpc) is 2.70. The highest BCUT2D eigenvalue weighted by atomic mass is 16.5. The summed E-state index contributed by atoms with van der Waals surface area (Å²) in [6.45, 7) is 5.75. The number of ketones is 1. The van der Waals surface area contributed by atoms with Crippen molar-refractivity contribution in [3.63, 3.8) is 0 Å². The number of nitrogens with zero attached hydrogens (tertiary/aromatic N) is 2. The molecule has 3 rings (SSSR count). The number of fused-ring (bicyclic) bond motifs is 1. The van der Waals surface area contributed by atoms with Gasteiger partial charge in [-0.1, -0.05) is 55.1 Å². The van der Waals surface area contributed by atoms with Crippen LogP contribution in [-0.4, -0.2) is 12.4 Å². The van der Waals surface area contributed by atoms with Crippen LogP contribution in [0.3, 0.4) is 0 Å². The van der Waals surface area contributed by atoms with E-state index < -0.39 is 0 Å². The average molecular weight is 354 g/mol. The van der Waals surface area contributed by atoms with Gasteiger partial charge in [0.15, 0.2) is 5.78 Å². The Kier molecular flexibility index (Phi) is 5.20. The van der Waals surface area contributed by atoms with Gasteiger partial charge in [0.25, 0.3) is 0 Å². The molecule has 4 heteroatoms. The highest BCUT2D eigenvalue weighted by molar-refractivity contribution is 5.95. The van der Waals surface area contributed by atoms with Gasteiger partial charge in [0.05, 0.1) is 6.61 Å². The maximum Gasteiger partial charge on any atom is 0.155 e. The number of Topliss-reactive ketones (excluding diaryl/α,β-unsaturated/α-hetero) is 1. The Bertz CT molecular complexity index is 991. The lowest BCUT2D eigenvalue weighted by Gasteiger charge is -2.35. The quantitative estimate of drug-likeness (QED) is 0.601. The smallest absolute Gasteiger partial charge is 0.155 e. The van der Waals surface area contributed by atoms with Crippen LogP contribution in [0.25, 0.3) is 5.57 Å². The number of hydrogen-bond donors (Lipinski definition) is 0. The highest BCUT2D eigenvalue weighted by Crippen LogP contribution is 2.46. The van der Waals surface area contributed by atoms with Crippen molar-refractivity contribution < 1.29 is 9.53 Å². The minimum Gasteiger partial charge on any atom is -0.492 e. The number of carbonyl (C=O) groups excluding carboxylic acids is 1. The third-order valence-corrected chi connectivity index (χ3v) is 4.85. The Morgan fingerprint density at radius 1 is 1.11 bits per heavy atom. The lowest BCUT2D eigenvalue weighted by atomic mass is 9.72. The van der Waals surface area contributed by atoms with Gasteiger partial charge in [-0.05, 0) is 29.7 Å². The maximum atomic E-state index is 12.2. The van der Waals surface area contributed by atoms with Gasteiger partial charge in [-0.2, -0.15) is 10.5 Å².